The second-order valence-corrected chi connectivity index (χ2v) is 6.54. The molecule has 0 atom stereocenters. The average molecular weight is 437 g/mol. The van der Waals surface area contributed by atoms with Crippen molar-refractivity contribution in [2.75, 3.05) is 11.8 Å². The SMILES string of the molecule is COc1ccc(NS(=O)(=O)c2c(F)c(F)c(OC(F)(F)F)c(F)c2F)cc1F. The number of rotatable bonds is 5. The fourth-order valence-electron chi connectivity index (χ4n) is 1.97. The average Bonchev–Trinajstić information content (AvgIpc) is 2.56. The fourth-order valence-corrected chi connectivity index (χ4v) is 3.16. The van der Waals surface area contributed by atoms with Gasteiger partial charge in [0, 0.05) is 6.07 Å². The maximum absolute atomic E-state index is 13.9. The number of nitrogens with one attached hydrogen (secondary N) is 1. The Bertz CT molecular complexity index is 994. The summed E-state index contributed by atoms with van der Waals surface area (Å²) in [5, 5.41) is 0. The van der Waals surface area contributed by atoms with Gasteiger partial charge in [-0.2, -0.15) is 8.78 Å². The number of sulfonamides is 1. The second-order valence-electron chi connectivity index (χ2n) is 4.92. The van der Waals surface area contributed by atoms with Gasteiger partial charge in [0.1, 0.15) is 0 Å². The van der Waals surface area contributed by atoms with Crippen LogP contribution in [0.15, 0.2) is 23.1 Å². The second kappa shape index (κ2) is 7.33. The Balaban J connectivity index is 2.56. The Morgan fingerprint density at radius 3 is 1.89 bits per heavy atom. The van der Waals surface area contributed by atoms with Crippen LogP contribution in [-0.2, 0) is 10.0 Å². The minimum absolute atomic E-state index is 0.328. The van der Waals surface area contributed by atoms with E-state index in [2.05, 4.69) is 9.47 Å². The van der Waals surface area contributed by atoms with E-state index < -0.39 is 61.8 Å². The molecule has 154 valence electrons. The topological polar surface area (TPSA) is 64.6 Å². The minimum Gasteiger partial charge on any atom is -0.494 e. The zero-order valence-corrected chi connectivity index (χ0v) is 14.1. The molecule has 14 heteroatoms. The first-order valence-corrected chi connectivity index (χ1v) is 8.25. The zero-order chi connectivity index (χ0) is 21.4. The molecule has 0 spiro atoms. The highest BCUT2D eigenvalue weighted by molar-refractivity contribution is 7.92. The van der Waals surface area contributed by atoms with Crippen LogP contribution in [0.5, 0.6) is 11.5 Å². The maximum atomic E-state index is 13.9. The first kappa shape index (κ1) is 21.5. The van der Waals surface area contributed by atoms with E-state index in [-0.39, 0.29) is 5.75 Å². The Labute approximate surface area is 151 Å². The van der Waals surface area contributed by atoms with Crippen LogP contribution in [0.3, 0.4) is 0 Å². The van der Waals surface area contributed by atoms with Gasteiger partial charge in [-0.15, -0.1) is 13.2 Å². The lowest BCUT2D eigenvalue weighted by atomic mass is 10.3. The Morgan fingerprint density at radius 1 is 0.929 bits per heavy atom. The molecule has 5 nitrogen and oxygen atoms in total. The van der Waals surface area contributed by atoms with Crippen molar-refractivity contribution >= 4 is 15.7 Å². The molecule has 0 saturated heterocycles. The van der Waals surface area contributed by atoms with Gasteiger partial charge < -0.3 is 9.47 Å². The van der Waals surface area contributed by atoms with Gasteiger partial charge in [-0.1, -0.05) is 0 Å². The molecule has 0 aromatic heterocycles. The van der Waals surface area contributed by atoms with Crippen molar-refractivity contribution in [1.82, 2.24) is 0 Å². The van der Waals surface area contributed by atoms with Crippen molar-refractivity contribution in [2.45, 2.75) is 11.3 Å². The van der Waals surface area contributed by atoms with E-state index in [0.29, 0.717) is 6.07 Å². The smallest absolute Gasteiger partial charge is 0.494 e. The van der Waals surface area contributed by atoms with Gasteiger partial charge in [-0.05, 0) is 12.1 Å². The summed E-state index contributed by atoms with van der Waals surface area (Å²) >= 11 is 0. The van der Waals surface area contributed by atoms with Gasteiger partial charge in [0.15, 0.2) is 28.1 Å². The lowest BCUT2D eigenvalue weighted by Crippen LogP contribution is -2.23. The molecule has 0 heterocycles. The lowest BCUT2D eigenvalue weighted by Gasteiger charge is -2.15. The molecule has 0 unspecified atom stereocenters. The van der Waals surface area contributed by atoms with Crippen LogP contribution in [-0.4, -0.2) is 21.9 Å². The van der Waals surface area contributed by atoms with Crippen LogP contribution in [0.2, 0.25) is 0 Å². The highest BCUT2D eigenvalue weighted by Crippen LogP contribution is 2.36. The van der Waals surface area contributed by atoms with E-state index in [1.54, 1.807) is 0 Å². The maximum Gasteiger partial charge on any atom is 0.573 e. The third kappa shape index (κ3) is 4.21. The summed E-state index contributed by atoms with van der Waals surface area (Å²) in [5.74, 6) is -14.8. The first-order chi connectivity index (χ1) is 12.8. The number of methoxy groups -OCH3 is 1. The first-order valence-electron chi connectivity index (χ1n) is 6.76. The fraction of sp³-hybridized carbons (Fsp3) is 0.143. The van der Waals surface area contributed by atoms with Crippen molar-refractivity contribution in [3.63, 3.8) is 0 Å². The number of ether oxygens (including phenoxy) is 2. The number of benzene rings is 2. The minimum atomic E-state index is -5.72. The third-order valence-electron chi connectivity index (χ3n) is 3.07. The van der Waals surface area contributed by atoms with E-state index in [9.17, 15) is 43.5 Å². The van der Waals surface area contributed by atoms with Gasteiger partial charge in [-0.3, -0.25) is 4.72 Å². The molecule has 0 amide bonds. The summed E-state index contributed by atoms with van der Waals surface area (Å²) in [6, 6.07) is 2.31. The van der Waals surface area contributed by atoms with Crippen molar-refractivity contribution in [3.8, 4) is 11.5 Å². The van der Waals surface area contributed by atoms with E-state index in [0.717, 1.165) is 19.2 Å². The predicted molar refractivity (Wildman–Crippen MR) is 76.7 cm³/mol. The molecule has 0 bridgehead atoms. The number of alkyl halides is 3. The normalized spacial score (nSPS) is 12.0. The summed E-state index contributed by atoms with van der Waals surface area (Å²) in [7, 11) is -4.35. The lowest BCUT2D eigenvalue weighted by molar-refractivity contribution is -0.276. The summed E-state index contributed by atoms with van der Waals surface area (Å²) < 4.78 is 138. The van der Waals surface area contributed by atoms with E-state index in [4.69, 9.17) is 0 Å². The van der Waals surface area contributed by atoms with Crippen LogP contribution in [0.25, 0.3) is 0 Å². The molecule has 1 N–H and O–H groups in total. The largest absolute Gasteiger partial charge is 0.573 e. The highest BCUT2D eigenvalue weighted by atomic mass is 32.2. The van der Waals surface area contributed by atoms with Gasteiger partial charge in [-0.25, -0.2) is 21.6 Å². The van der Waals surface area contributed by atoms with Gasteiger partial charge in [0.25, 0.3) is 10.0 Å². The highest BCUT2D eigenvalue weighted by Gasteiger charge is 2.40. The van der Waals surface area contributed by atoms with E-state index in [1.165, 1.54) is 4.72 Å². The van der Waals surface area contributed by atoms with Crippen LogP contribution >= 0.6 is 0 Å². The number of hydrogen-bond acceptors (Lipinski definition) is 4. The molecule has 0 saturated carbocycles. The molecular weight excluding hydrogens is 430 g/mol. The molecule has 2 aromatic carbocycles. The quantitative estimate of drug-likeness (QED) is 0.566. The molecule has 2 aromatic rings. The van der Waals surface area contributed by atoms with Crippen molar-refractivity contribution in [2.24, 2.45) is 0 Å². The molecule has 28 heavy (non-hydrogen) atoms. The van der Waals surface area contributed by atoms with Crippen molar-refractivity contribution in [1.29, 1.82) is 0 Å². The summed E-state index contributed by atoms with van der Waals surface area (Å²) in [5.41, 5.74) is -0.631. The zero-order valence-electron chi connectivity index (χ0n) is 13.3. The Morgan fingerprint density at radius 2 is 1.46 bits per heavy atom. The molecule has 0 aliphatic heterocycles. The Kier molecular flexibility index (Phi) is 5.64. The van der Waals surface area contributed by atoms with Crippen LogP contribution in [0.1, 0.15) is 0 Å². The standard InChI is InChI=1S/C14H7F8NO4S/c1-26-7-3-2-5(4-6(7)15)23-28(24,25)13-10(18)8(16)12(9(17)11(13)19)27-14(20,21)22/h2-4,23H,1H3. The predicted octanol–water partition coefficient (Wildman–Crippen LogP) is 4.09. The van der Waals surface area contributed by atoms with E-state index >= 15 is 0 Å². The van der Waals surface area contributed by atoms with Crippen LogP contribution < -0.4 is 14.2 Å². The number of hydrogen-bond donors (Lipinski definition) is 1. The molecule has 0 aliphatic rings. The number of anilines is 1. The summed E-state index contributed by atoms with van der Waals surface area (Å²) in [4.78, 5) is -2.27. The number of halogens is 8. The molecule has 0 fully saturated rings. The van der Waals surface area contributed by atoms with Crippen molar-refractivity contribution < 1.29 is 53.0 Å². The summed E-state index contributed by atoms with van der Waals surface area (Å²) in [6.07, 6.45) is -5.72. The third-order valence-corrected chi connectivity index (χ3v) is 4.47. The van der Waals surface area contributed by atoms with Crippen molar-refractivity contribution in [3.05, 3.63) is 47.3 Å². The van der Waals surface area contributed by atoms with Gasteiger partial charge in [0.05, 0.1) is 12.8 Å². The molecular formula is C14H7F8NO4S. The van der Waals surface area contributed by atoms with Crippen LogP contribution in [0.4, 0.5) is 40.8 Å². The van der Waals surface area contributed by atoms with Crippen LogP contribution in [0, 0.1) is 29.1 Å². The van der Waals surface area contributed by atoms with Gasteiger partial charge >= 0.3 is 6.36 Å². The van der Waals surface area contributed by atoms with E-state index in [1.807, 2.05) is 0 Å². The molecule has 0 radical (unpaired) electrons. The monoisotopic (exact) mass is 437 g/mol. The molecule has 0 aliphatic carbocycles. The summed E-state index contributed by atoms with van der Waals surface area (Å²) in [6.45, 7) is 0. The molecule has 2 rings (SSSR count). The Hall–Kier alpha value is -2.77. The van der Waals surface area contributed by atoms with Gasteiger partial charge in [0.2, 0.25) is 17.4 Å².